The van der Waals surface area contributed by atoms with Crippen molar-refractivity contribution in [3.63, 3.8) is 0 Å². The zero-order valence-corrected chi connectivity index (χ0v) is 8.88. The Kier molecular flexibility index (Phi) is 6.14. The Morgan fingerprint density at radius 3 is 2.64 bits per heavy atom. The standard InChI is InChI=1S/C8H14O5S/c1-3-5-6-8(9)12-13-14(10,11)7-4-2/h3H,1,4-7H2,2H3. The molecule has 0 aliphatic rings. The zero-order chi connectivity index (χ0) is 11.0. The summed E-state index contributed by atoms with van der Waals surface area (Å²) in [5.74, 6) is -0.883. The van der Waals surface area contributed by atoms with Gasteiger partial charge in [-0.15, -0.1) is 6.58 Å². The molecule has 0 saturated heterocycles. The van der Waals surface area contributed by atoms with Gasteiger partial charge in [0.25, 0.3) is 0 Å². The molecular weight excluding hydrogens is 208 g/mol. The molecule has 0 aromatic rings. The van der Waals surface area contributed by atoms with E-state index in [2.05, 4.69) is 15.8 Å². The van der Waals surface area contributed by atoms with E-state index in [1.165, 1.54) is 6.08 Å². The van der Waals surface area contributed by atoms with Gasteiger partial charge in [0, 0.05) is 0 Å². The molecular formula is C8H14O5S. The Morgan fingerprint density at radius 1 is 1.50 bits per heavy atom. The SMILES string of the molecule is C=CCCC(=O)OOS(=O)(=O)CCC. The van der Waals surface area contributed by atoms with Crippen molar-refractivity contribution in [1.29, 1.82) is 0 Å². The van der Waals surface area contributed by atoms with Crippen molar-refractivity contribution in [2.75, 3.05) is 5.75 Å². The van der Waals surface area contributed by atoms with Crippen LogP contribution in [-0.2, 0) is 24.1 Å². The highest BCUT2D eigenvalue weighted by molar-refractivity contribution is 7.86. The Hall–Kier alpha value is -0.880. The number of allylic oxidation sites excluding steroid dienone is 1. The molecule has 0 amide bonds. The van der Waals surface area contributed by atoms with Crippen LogP contribution in [0.1, 0.15) is 26.2 Å². The van der Waals surface area contributed by atoms with Crippen molar-refractivity contribution in [3.05, 3.63) is 12.7 Å². The molecule has 0 fully saturated rings. The fourth-order valence-corrected chi connectivity index (χ4v) is 1.38. The number of hydrogen-bond acceptors (Lipinski definition) is 5. The van der Waals surface area contributed by atoms with Crippen LogP contribution < -0.4 is 0 Å². The van der Waals surface area contributed by atoms with Crippen LogP contribution in [0.4, 0.5) is 0 Å². The third-order valence-corrected chi connectivity index (χ3v) is 2.42. The molecule has 0 unspecified atom stereocenters. The van der Waals surface area contributed by atoms with Gasteiger partial charge in [0.2, 0.25) is 0 Å². The summed E-state index contributed by atoms with van der Waals surface area (Å²) in [6.07, 6.45) is 2.43. The maximum Gasteiger partial charge on any atom is 0.344 e. The van der Waals surface area contributed by atoms with Crippen LogP contribution in [0.25, 0.3) is 0 Å². The largest absolute Gasteiger partial charge is 0.344 e. The van der Waals surface area contributed by atoms with Crippen molar-refractivity contribution in [1.82, 2.24) is 0 Å². The van der Waals surface area contributed by atoms with E-state index in [0.717, 1.165) is 0 Å². The predicted octanol–water partition coefficient (Wildman–Crippen LogP) is 1.17. The average Bonchev–Trinajstić information content (AvgIpc) is 2.11. The monoisotopic (exact) mass is 222 g/mol. The summed E-state index contributed by atoms with van der Waals surface area (Å²) in [5.41, 5.74) is 0. The normalized spacial score (nSPS) is 10.9. The van der Waals surface area contributed by atoms with Gasteiger partial charge in [0.15, 0.2) is 0 Å². The first-order chi connectivity index (χ1) is 6.52. The fourth-order valence-electron chi connectivity index (χ4n) is 0.635. The van der Waals surface area contributed by atoms with E-state index < -0.39 is 16.1 Å². The smallest absolute Gasteiger partial charge is 0.281 e. The molecule has 0 aliphatic heterocycles. The van der Waals surface area contributed by atoms with E-state index in [4.69, 9.17) is 0 Å². The van der Waals surface area contributed by atoms with Crippen LogP contribution >= 0.6 is 0 Å². The van der Waals surface area contributed by atoms with Crippen LogP contribution in [0.2, 0.25) is 0 Å². The molecule has 6 heteroatoms. The lowest BCUT2D eigenvalue weighted by Crippen LogP contribution is -2.14. The highest BCUT2D eigenvalue weighted by atomic mass is 32.2. The maximum absolute atomic E-state index is 10.9. The minimum absolute atomic E-state index is 0.0607. The van der Waals surface area contributed by atoms with E-state index in [9.17, 15) is 13.2 Å². The molecule has 0 saturated carbocycles. The third-order valence-electron chi connectivity index (χ3n) is 1.24. The second-order valence-corrected chi connectivity index (χ2v) is 4.27. The van der Waals surface area contributed by atoms with Crippen molar-refractivity contribution >= 4 is 16.1 Å². The molecule has 0 aromatic carbocycles. The van der Waals surface area contributed by atoms with Crippen LogP contribution in [-0.4, -0.2) is 20.1 Å². The molecule has 82 valence electrons. The van der Waals surface area contributed by atoms with Crippen LogP contribution in [0.5, 0.6) is 0 Å². The number of hydrogen-bond donors (Lipinski definition) is 0. The number of carbonyl (C=O) groups is 1. The number of carbonyl (C=O) groups excluding carboxylic acids is 1. The minimum atomic E-state index is -3.72. The molecule has 5 nitrogen and oxygen atoms in total. The fraction of sp³-hybridized carbons (Fsp3) is 0.625. The minimum Gasteiger partial charge on any atom is -0.281 e. The Balaban J connectivity index is 3.81. The second-order valence-electron chi connectivity index (χ2n) is 2.61. The second kappa shape index (κ2) is 6.56. The summed E-state index contributed by atoms with van der Waals surface area (Å²) >= 11 is 0. The quantitative estimate of drug-likeness (QED) is 0.367. The molecule has 0 spiro atoms. The van der Waals surface area contributed by atoms with E-state index in [-0.39, 0.29) is 12.2 Å². The Bertz CT molecular complexity index is 280. The molecule has 14 heavy (non-hydrogen) atoms. The van der Waals surface area contributed by atoms with Gasteiger partial charge in [-0.1, -0.05) is 17.3 Å². The zero-order valence-electron chi connectivity index (χ0n) is 8.06. The van der Waals surface area contributed by atoms with E-state index in [1.54, 1.807) is 6.92 Å². The lowest BCUT2D eigenvalue weighted by atomic mass is 10.3. The highest BCUT2D eigenvalue weighted by Crippen LogP contribution is 2.00. The van der Waals surface area contributed by atoms with Gasteiger partial charge in [-0.25, -0.2) is 4.79 Å². The number of rotatable bonds is 7. The first-order valence-corrected chi connectivity index (χ1v) is 5.82. The average molecular weight is 222 g/mol. The summed E-state index contributed by atoms with van der Waals surface area (Å²) in [4.78, 5) is 14.9. The summed E-state index contributed by atoms with van der Waals surface area (Å²) in [5, 5.41) is 0. The summed E-state index contributed by atoms with van der Waals surface area (Å²) in [6, 6.07) is 0. The molecule has 0 bridgehead atoms. The van der Waals surface area contributed by atoms with Gasteiger partial charge in [-0.2, -0.15) is 8.42 Å². The Morgan fingerprint density at radius 2 is 2.14 bits per heavy atom. The van der Waals surface area contributed by atoms with Gasteiger partial charge in [-0.3, -0.25) is 4.89 Å². The molecule has 0 heterocycles. The molecule has 0 N–H and O–H groups in total. The predicted molar refractivity (Wildman–Crippen MR) is 50.7 cm³/mol. The molecule has 0 rings (SSSR count). The summed E-state index contributed by atoms with van der Waals surface area (Å²) in [6.45, 7) is 5.09. The van der Waals surface area contributed by atoms with Crippen molar-refractivity contribution in [2.24, 2.45) is 0 Å². The highest BCUT2D eigenvalue weighted by Gasteiger charge is 2.13. The van der Waals surface area contributed by atoms with Gasteiger partial charge in [0.05, 0.1) is 12.2 Å². The van der Waals surface area contributed by atoms with Crippen LogP contribution in [0.3, 0.4) is 0 Å². The first kappa shape index (κ1) is 13.1. The first-order valence-electron chi connectivity index (χ1n) is 4.24. The van der Waals surface area contributed by atoms with Crippen molar-refractivity contribution in [3.8, 4) is 0 Å². The van der Waals surface area contributed by atoms with Gasteiger partial charge < -0.3 is 0 Å². The van der Waals surface area contributed by atoms with E-state index in [1.807, 2.05) is 0 Å². The third kappa shape index (κ3) is 6.62. The van der Waals surface area contributed by atoms with Gasteiger partial charge >= 0.3 is 16.1 Å². The molecule has 0 atom stereocenters. The van der Waals surface area contributed by atoms with E-state index in [0.29, 0.717) is 12.8 Å². The molecule has 0 radical (unpaired) electrons. The Labute approximate surface area is 83.8 Å². The lowest BCUT2D eigenvalue weighted by molar-refractivity contribution is -0.211. The van der Waals surface area contributed by atoms with E-state index >= 15 is 0 Å². The lowest BCUT2D eigenvalue weighted by Gasteiger charge is -2.01. The van der Waals surface area contributed by atoms with Crippen molar-refractivity contribution in [2.45, 2.75) is 26.2 Å². The maximum atomic E-state index is 10.9. The molecule has 0 aromatic heterocycles. The van der Waals surface area contributed by atoms with Crippen LogP contribution in [0.15, 0.2) is 12.7 Å². The van der Waals surface area contributed by atoms with Gasteiger partial charge in [-0.05, 0) is 12.8 Å². The molecule has 0 aliphatic carbocycles. The topological polar surface area (TPSA) is 69.7 Å². The van der Waals surface area contributed by atoms with Crippen LogP contribution in [0, 0.1) is 0 Å². The van der Waals surface area contributed by atoms with Gasteiger partial charge in [0.1, 0.15) is 0 Å². The summed E-state index contributed by atoms with van der Waals surface area (Å²) < 4.78 is 25.8. The van der Waals surface area contributed by atoms with Crippen molar-refractivity contribution < 1.29 is 22.4 Å². The summed E-state index contributed by atoms with van der Waals surface area (Å²) in [7, 11) is -3.72.